The van der Waals surface area contributed by atoms with E-state index in [0.717, 1.165) is 17.7 Å². The maximum atomic E-state index is 12.1. The number of sulfonamides is 1. The van der Waals surface area contributed by atoms with Gasteiger partial charge in [-0.3, -0.25) is 9.59 Å². The number of nitrogens with one attached hydrogen (secondary N) is 1. The summed E-state index contributed by atoms with van der Waals surface area (Å²) >= 11 is 0. The Hall–Kier alpha value is -1.68. The predicted molar refractivity (Wildman–Crippen MR) is 70.8 cm³/mol. The van der Waals surface area contributed by atoms with Gasteiger partial charge in [0.15, 0.2) is 0 Å². The van der Waals surface area contributed by atoms with Crippen LogP contribution in [0, 0.1) is 0 Å². The second-order valence-electron chi connectivity index (χ2n) is 4.71. The Morgan fingerprint density at radius 1 is 1.43 bits per heavy atom. The van der Waals surface area contributed by atoms with Crippen molar-refractivity contribution in [3.05, 3.63) is 0 Å². The van der Waals surface area contributed by atoms with Crippen LogP contribution < -0.4 is 5.32 Å². The van der Waals surface area contributed by atoms with Gasteiger partial charge in [0.2, 0.25) is 15.9 Å². The van der Waals surface area contributed by atoms with Gasteiger partial charge in [-0.2, -0.15) is 4.31 Å². The summed E-state index contributed by atoms with van der Waals surface area (Å²) in [6.45, 7) is 0.214. The summed E-state index contributed by atoms with van der Waals surface area (Å²) in [7, 11) is -2.44. The van der Waals surface area contributed by atoms with Gasteiger partial charge in [0.1, 0.15) is 12.1 Å². The molecular weight excluding hydrogens is 304 g/mol. The number of nitrogens with zero attached hydrogens (tertiary/aromatic N) is 1. The van der Waals surface area contributed by atoms with Crippen molar-refractivity contribution in [2.45, 2.75) is 31.3 Å². The highest BCUT2D eigenvalue weighted by atomic mass is 32.2. The molecule has 9 nitrogen and oxygen atoms in total. The molecule has 1 rings (SSSR count). The quantitative estimate of drug-likeness (QED) is 0.572. The zero-order valence-corrected chi connectivity index (χ0v) is 12.6. The van der Waals surface area contributed by atoms with E-state index in [1.807, 2.05) is 0 Å². The van der Waals surface area contributed by atoms with Crippen LogP contribution in [0.2, 0.25) is 0 Å². The summed E-state index contributed by atoms with van der Waals surface area (Å²) in [6, 6.07) is -2.40. The molecule has 0 aromatic heterocycles. The summed E-state index contributed by atoms with van der Waals surface area (Å²) in [4.78, 5) is 34.2. The molecule has 0 aromatic carbocycles. The van der Waals surface area contributed by atoms with Crippen LogP contribution in [0.3, 0.4) is 0 Å². The summed E-state index contributed by atoms with van der Waals surface area (Å²) in [5, 5.41) is 11.2. The summed E-state index contributed by atoms with van der Waals surface area (Å²) in [5.41, 5.74) is 0. The number of carboxylic acid groups (broad SMARTS) is 1. The zero-order chi connectivity index (χ0) is 16.2. The maximum absolute atomic E-state index is 12.1. The lowest BCUT2D eigenvalue weighted by atomic mass is 10.1. The topological polar surface area (TPSA) is 130 Å². The molecule has 1 fully saturated rings. The molecule has 0 spiro atoms. The van der Waals surface area contributed by atoms with Crippen molar-refractivity contribution >= 4 is 27.9 Å². The molecule has 0 aromatic rings. The number of hydrogen-bond acceptors (Lipinski definition) is 6. The molecule has 120 valence electrons. The molecule has 2 atom stereocenters. The molecule has 0 saturated carbocycles. The lowest BCUT2D eigenvalue weighted by molar-refractivity contribution is -0.149. The maximum Gasteiger partial charge on any atom is 0.326 e. The first kappa shape index (κ1) is 17.4. The SMILES string of the molecule is COC(=O)C[C@H](NC(=O)C1CCCN1S(C)(=O)=O)C(=O)O. The fourth-order valence-corrected chi connectivity index (χ4v) is 3.24. The van der Waals surface area contributed by atoms with Gasteiger partial charge in [-0.15, -0.1) is 0 Å². The molecule has 0 radical (unpaired) electrons. The fraction of sp³-hybridized carbons (Fsp3) is 0.727. The molecule has 1 amide bonds. The van der Waals surface area contributed by atoms with Crippen LogP contribution in [0.1, 0.15) is 19.3 Å². The second-order valence-corrected chi connectivity index (χ2v) is 6.65. The Balaban J connectivity index is 2.78. The molecule has 1 heterocycles. The molecule has 2 N–H and O–H groups in total. The zero-order valence-electron chi connectivity index (χ0n) is 11.7. The third-order valence-electron chi connectivity index (χ3n) is 3.15. The monoisotopic (exact) mass is 322 g/mol. The average molecular weight is 322 g/mol. The second kappa shape index (κ2) is 6.85. The van der Waals surface area contributed by atoms with Crippen molar-refractivity contribution in [3.8, 4) is 0 Å². The number of hydrogen-bond donors (Lipinski definition) is 2. The van der Waals surface area contributed by atoms with Crippen LogP contribution in [0.5, 0.6) is 0 Å². The highest BCUT2D eigenvalue weighted by Gasteiger charge is 2.38. The number of methoxy groups -OCH3 is 1. The van der Waals surface area contributed by atoms with E-state index in [4.69, 9.17) is 5.11 Å². The van der Waals surface area contributed by atoms with Crippen LogP contribution >= 0.6 is 0 Å². The van der Waals surface area contributed by atoms with E-state index in [1.165, 1.54) is 0 Å². The first-order valence-corrected chi connectivity index (χ1v) is 8.08. The Bertz CT molecular complexity index is 531. The largest absolute Gasteiger partial charge is 0.480 e. The van der Waals surface area contributed by atoms with Gasteiger partial charge in [-0.1, -0.05) is 0 Å². The van der Waals surface area contributed by atoms with Crippen molar-refractivity contribution in [3.63, 3.8) is 0 Å². The van der Waals surface area contributed by atoms with E-state index in [0.29, 0.717) is 12.8 Å². The molecule has 1 aliphatic heterocycles. The molecule has 1 unspecified atom stereocenters. The van der Waals surface area contributed by atoms with E-state index in [2.05, 4.69) is 10.1 Å². The molecule has 0 bridgehead atoms. The van der Waals surface area contributed by atoms with E-state index in [1.54, 1.807) is 0 Å². The van der Waals surface area contributed by atoms with Crippen LogP contribution in [-0.4, -0.2) is 67.7 Å². The number of aliphatic carboxylic acids is 1. The minimum Gasteiger partial charge on any atom is -0.480 e. The summed E-state index contributed by atoms with van der Waals surface area (Å²) < 4.78 is 28.5. The van der Waals surface area contributed by atoms with Gasteiger partial charge in [-0.25, -0.2) is 13.2 Å². The van der Waals surface area contributed by atoms with Crippen LogP contribution in [0.25, 0.3) is 0 Å². The van der Waals surface area contributed by atoms with Crippen molar-refractivity contribution in [1.29, 1.82) is 0 Å². The molecule has 10 heteroatoms. The van der Waals surface area contributed by atoms with Crippen molar-refractivity contribution in [2.75, 3.05) is 19.9 Å². The van der Waals surface area contributed by atoms with Crippen LogP contribution in [0.4, 0.5) is 0 Å². The molecular formula is C11H18N2O7S. The number of amides is 1. The third-order valence-corrected chi connectivity index (χ3v) is 4.43. The first-order valence-electron chi connectivity index (χ1n) is 6.23. The van der Waals surface area contributed by atoms with E-state index in [9.17, 15) is 22.8 Å². The van der Waals surface area contributed by atoms with Crippen LogP contribution in [-0.2, 0) is 29.1 Å². The normalized spacial score (nSPS) is 20.8. The highest BCUT2D eigenvalue weighted by Crippen LogP contribution is 2.20. The van der Waals surface area contributed by atoms with E-state index < -0.39 is 46.4 Å². The fourth-order valence-electron chi connectivity index (χ4n) is 2.12. The van der Waals surface area contributed by atoms with Gasteiger partial charge in [0.05, 0.1) is 19.8 Å². The van der Waals surface area contributed by atoms with Crippen molar-refractivity contribution in [2.24, 2.45) is 0 Å². The third kappa shape index (κ3) is 4.67. The van der Waals surface area contributed by atoms with Crippen molar-refractivity contribution in [1.82, 2.24) is 9.62 Å². The van der Waals surface area contributed by atoms with E-state index >= 15 is 0 Å². The van der Waals surface area contributed by atoms with Crippen LogP contribution in [0.15, 0.2) is 0 Å². The molecule has 0 aliphatic carbocycles. The van der Waals surface area contributed by atoms with Gasteiger partial charge >= 0.3 is 11.9 Å². The highest BCUT2D eigenvalue weighted by molar-refractivity contribution is 7.88. The number of carbonyl (C=O) groups excluding carboxylic acids is 2. The smallest absolute Gasteiger partial charge is 0.326 e. The molecule has 1 saturated heterocycles. The minimum atomic E-state index is -3.55. The summed E-state index contributed by atoms with van der Waals surface area (Å²) in [6.07, 6.45) is 1.29. The summed E-state index contributed by atoms with van der Waals surface area (Å²) in [5.74, 6) is -2.90. The van der Waals surface area contributed by atoms with Crippen molar-refractivity contribution < 1.29 is 32.6 Å². The van der Waals surface area contributed by atoms with Gasteiger partial charge in [0, 0.05) is 6.54 Å². The Morgan fingerprint density at radius 3 is 2.52 bits per heavy atom. The number of ether oxygens (including phenoxy) is 1. The predicted octanol–water partition coefficient (Wildman–Crippen LogP) is -1.46. The minimum absolute atomic E-state index is 0.214. The number of esters is 1. The standard InChI is InChI=1S/C11H18N2O7S/c1-20-9(14)6-7(11(16)17)12-10(15)8-4-3-5-13(8)21(2,18)19/h7-8H,3-6H2,1-2H3,(H,12,15)(H,16,17)/t7-,8?/m0/s1. The lowest BCUT2D eigenvalue weighted by Crippen LogP contribution is -2.51. The number of rotatable bonds is 6. The number of carboxylic acids is 1. The van der Waals surface area contributed by atoms with Gasteiger partial charge in [-0.05, 0) is 12.8 Å². The Kier molecular flexibility index (Phi) is 5.67. The molecule has 21 heavy (non-hydrogen) atoms. The number of carbonyl (C=O) groups is 3. The van der Waals surface area contributed by atoms with Gasteiger partial charge < -0.3 is 15.2 Å². The van der Waals surface area contributed by atoms with E-state index in [-0.39, 0.29) is 6.54 Å². The first-order chi connectivity index (χ1) is 9.66. The Morgan fingerprint density at radius 2 is 2.05 bits per heavy atom. The average Bonchev–Trinajstić information content (AvgIpc) is 2.86. The van der Waals surface area contributed by atoms with Gasteiger partial charge in [0.25, 0.3) is 0 Å². The Labute approximate surface area is 122 Å². The molecule has 1 aliphatic rings. The lowest BCUT2D eigenvalue weighted by Gasteiger charge is -2.23.